The molecule has 4 N–H and O–H groups in total. The van der Waals surface area contributed by atoms with E-state index < -0.39 is 43.4 Å². The van der Waals surface area contributed by atoms with Crippen LogP contribution in [-0.2, 0) is 26.2 Å². The second kappa shape index (κ2) is 27.3. The summed E-state index contributed by atoms with van der Waals surface area (Å²) >= 11 is 6.28. The number of nitro groups is 1. The summed E-state index contributed by atoms with van der Waals surface area (Å²) in [5, 5.41) is 19.6. The predicted octanol–water partition coefficient (Wildman–Crippen LogP) is 9.86. The van der Waals surface area contributed by atoms with E-state index in [4.69, 9.17) is 16.3 Å². The highest BCUT2D eigenvalue weighted by Crippen LogP contribution is 2.44. The number of ether oxygens (including phenoxy) is 1. The van der Waals surface area contributed by atoms with Crippen LogP contribution in [0.4, 0.5) is 17.1 Å². The second-order valence-electron chi connectivity index (χ2n) is 24.9. The minimum Gasteiger partial charge on any atom is -0.455 e. The lowest BCUT2D eigenvalue weighted by atomic mass is 9.72. The molecule has 6 aromatic rings. The average Bonchev–Trinajstić information content (AvgIpc) is 2.29. The number of aromatic amines is 1. The summed E-state index contributed by atoms with van der Waals surface area (Å²) < 4.78 is 36.5. The van der Waals surface area contributed by atoms with Gasteiger partial charge in [0.2, 0.25) is 11.8 Å². The Bertz CT molecular complexity index is 3880. The van der Waals surface area contributed by atoms with Crippen LogP contribution in [0.2, 0.25) is 5.02 Å². The van der Waals surface area contributed by atoms with E-state index in [0.717, 1.165) is 131 Å². The number of nitrogens with zero attached hydrogens (tertiary/aromatic N) is 7. The summed E-state index contributed by atoms with van der Waals surface area (Å²) in [5.41, 5.74) is 7.61. The minimum absolute atomic E-state index is 0.0503. The summed E-state index contributed by atoms with van der Waals surface area (Å²) in [6.45, 7) is 13.8. The predicted molar refractivity (Wildman–Crippen MR) is 343 cm³/mol. The number of halogens is 1. The molecule has 1 aliphatic carbocycles. The molecule has 4 aliphatic heterocycles. The van der Waals surface area contributed by atoms with E-state index in [9.17, 15) is 37.7 Å². The Kier molecular flexibility index (Phi) is 19.2. The Morgan fingerprint density at radius 3 is 2.49 bits per heavy atom. The molecular weight excluding hydrogens is 1170 g/mol. The number of unbranched alkanes of at least 4 members (excludes halogenated alkanes) is 2. The van der Waals surface area contributed by atoms with E-state index >= 15 is 0 Å². The molecular formula is C67H76ClN11O9S. The zero-order chi connectivity index (χ0) is 62.4. The number of carbonyl (C=O) groups excluding carboxylic acids is 4. The Hall–Kier alpha value is -8.13. The van der Waals surface area contributed by atoms with Crippen molar-refractivity contribution >= 4 is 78.9 Å². The van der Waals surface area contributed by atoms with Crippen LogP contribution >= 0.6 is 11.6 Å². The van der Waals surface area contributed by atoms with Crippen molar-refractivity contribution < 1.29 is 37.3 Å². The van der Waals surface area contributed by atoms with Crippen molar-refractivity contribution in [2.45, 2.75) is 95.5 Å². The number of hydrogen-bond acceptors (Lipinski definition) is 15. The maximum absolute atomic E-state index is 14.2. The molecule has 3 saturated heterocycles. The number of hydrogen-bond donors (Lipinski definition) is 4. The van der Waals surface area contributed by atoms with Gasteiger partial charge in [0, 0.05) is 117 Å². The van der Waals surface area contributed by atoms with Gasteiger partial charge in [0.05, 0.1) is 21.6 Å². The van der Waals surface area contributed by atoms with Crippen molar-refractivity contribution in [3.05, 3.63) is 152 Å². The van der Waals surface area contributed by atoms with Crippen LogP contribution in [0.1, 0.15) is 115 Å². The quantitative estimate of drug-likeness (QED) is 0.0173. The second-order valence-corrected chi connectivity index (χ2v) is 27.0. The number of imide groups is 1. The van der Waals surface area contributed by atoms with Gasteiger partial charge in [0.1, 0.15) is 28.9 Å². The lowest BCUT2D eigenvalue weighted by Gasteiger charge is -2.39. The zero-order valence-corrected chi connectivity index (χ0v) is 52.2. The van der Waals surface area contributed by atoms with Gasteiger partial charge < -0.3 is 34.6 Å². The highest BCUT2D eigenvalue weighted by Gasteiger charge is 2.40. The Labute approximate surface area is 524 Å². The zero-order valence-electron chi connectivity index (χ0n) is 50.6. The third kappa shape index (κ3) is 15.1. The van der Waals surface area contributed by atoms with Crippen molar-refractivity contribution in [1.82, 2.24) is 39.6 Å². The summed E-state index contributed by atoms with van der Waals surface area (Å²) in [4.78, 5) is 81.5. The minimum atomic E-state index is -4.62. The number of benzene rings is 4. The molecule has 0 radical (unpaired) electrons. The van der Waals surface area contributed by atoms with Crippen LogP contribution in [-0.4, -0.2) is 152 Å². The molecule has 0 saturated carbocycles. The van der Waals surface area contributed by atoms with Gasteiger partial charge in [-0.3, -0.25) is 39.5 Å². The standard InChI is InChI=1S/C67H76ClN11O9S/c1-67(2)26-22-49(56(40-67)47-12-14-50(68)15-13-47)43-76-33-35-77(36-34-76)51-16-18-55(61(38-51)88-52-37-48-23-27-69-63(48)71-42-52)64(81)73-89(86,87)53-17-19-58(60(39-53)79(84)85)70-41-45-24-29-75(30-25-45)32-31-74(3)28-7-5-4-6-9-46-10-8-11-54-57(46)44-78(66(54)83)59-20-21-62(80)72-65(59)82/h8,10-19,23,27,37-39,42,45,59,70H,4-5,7,20-22,24-26,28-36,40-41,43-44H2,1-3H3,(H,69,71)(H,73,81)(H,72,80,82). The molecule has 0 bridgehead atoms. The van der Waals surface area contributed by atoms with Crippen molar-refractivity contribution in [3.8, 4) is 23.3 Å². The fraction of sp³-hybridized carbons (Fsp3) is 0.418. The molecule has 89 heavy (non-hydrogen) atoms. The Balaban J connectivity index is 0.651. The SMILES string of the molecule is CN(CCCCC#Cc1cccc2c1CN(C1CCC(=O)NC1=O)C2=O)CCN1CCC(CNc2ccc(S(=O)(=O)NC(=O)c3ccc(N4CCN(CC5=C(c6ccc(Cl)cc6)CC(C)(C)CC5)CC4)cc3Oc3cnc4[nH]ccc4c3)cc2[N+](=O)[O-])CC1. The molecule has 3 fully saturated rings. The van der Waals surface area contributed by atoms with Crippen LogP contribution in [0.15, 0.2) is 114 Å². The van der Waals surface area contributed by atoms with Gasteiger partial charge in [-0.2, -0.15) is 0 Å². The number of likely N-dealkylation sites (N-methyl/N-ethyl adjacent to an activating group) is 1. The monoisotopic (exact) mass is 1250 g/mol. The maximum atomic E-state index is 14.2. The van der Waals surface area contributed by atoms with Gasteiger partial charge >= 0.3 is 0 Å². The average molecular weight is 1250 g/mol. The normalized spacial score (nSPS) is 18.4. The first-order chi connectivity index (χ1) is 42.8. The number of piperazine rings is 1. The van der Waals surface area contributed by atoms with E-state index in [0.29, 0.717) is 56.0 Å². The smallest absolute Gasteiger partial charge is 0.293 e. The van der Waals surface area contributed by atoms with Gasteiger partial charge in [-0.05, 0) is 167 Å². The van der Waals surface area contributed by atoms with Gasteiger partial charge in [0.15, 0.2) is 0 Å². The van der Waals surface area contributed by atoms with Crippen LogP contribution < -0.4 is 25.0 Å². The molecule has 20 nitrogen and oxygen atoms in total. The molecule has 4 amide bonds. The van der Waals surface area contributed by atoms with Crippen molar-refractivity contribution in [3.63, 3.8) is 0 Å². The molecule has 1 unspecified atom stereocenters. The highest BCUT2D eigenvalue weighted by atomic mass is 35.5. The molecule has 0 spiro atoms. The van der Waals surface area contributed by atoms with Gasteiger partial charge in [-0.25, -0.2) is 18.1 Å². The first-order valence-corrected chi connectivity index (χ1v) is 32.6. The number of rotatable bonds is 21. The molecule has 22 heteroatoms. The number of fused-ring (bicyclic) bond motifs is 2. The van der Waals surface area contributed by atoms with E-state index in [2.05, 4.69) is 89.8 Å². The number of allylic oxidation sites excluding steroid dienone is 1. The largest absolute Gasteiger partial charge is 0.455 e. The lowest BCUT2D eigenvalue weighted by Crippen LogP contribution is -2.52. The molecule has 11 rings (SSSR count). The summed E-state index contributed by atoms with van der Waals surface area (Å²) in [6.07, 6.45) is 11.3. The van der Waals surface area contributed by atoms with Crippen LogP contribution in [0.5, 0.6) is 11.5 Å². The van der Waals surface area contributed by atoms with Gasteiger partial charge in [-0.15, -0.1) is 0 Å². The van der Waals surface area contributed by atoms with E-state index in [-0.39, 0.29) is 46.6 Å². The molecule has 466 valence electrons. The van der Waals surface area contributed by atoms with Crippen LogP contribution in [0.25, 0.3) is 16.6 Å². The number of pyridine rings is 1. The summed E-state index contributed by atoms with van der Waals surface area (Å²) in [5.74, 6) is 5.31. The molecule has 2 aromatic heterocycles. The van der Waals surface area contributed by atoms with Crippen molar-refractivity contribution in [2.24, 2.45) is 11.3 Å². The van der Waals surface area contributed by atoms with Crippen LogP contribution in [0.3, 0.4) is 0 Å². The van der Waals surface area contributed by atoms with Crippen molar-refractivity contribution in [1.29, 1.82) is 0 Å². The van der Waals surface area contributed by atoms with E-state index in [1.54, 1.807) is 41.4 Å². The number of aromatic nitrogens is 2. The molecule has 5 aliphatic rings. The lowest BCUT2D eigenvalue weighted by molar-refractivity contribution is -0.384. The third-order valence-corrected chi connectivity index (χ3v) is 19.6. The first-order valence-electron chi connectivity index (χ1n) is 30.8. The number of anilines is 2. The van der Waals surface area contributed by atoms with Crippen LogP contribution in [0, 0.1) is 33.3 Å². The molecule has 4 aromatic carbocycles. The number of sulfonamides is 1. The molecule has 1 atom stereocenters. The fourth-order valence-electron chi connectivity index (χ4n) is 12.7. The fourth-order valence-corrected chi connectivity index (χ4v) is 13.9. The van der Waals surface area contributed by atoms with Crippen molar-refractivity contribution in [2.75, 3.05) is 89.3 Å². The number of nitrogens with one attached hydrogen (secondary N) is 4. The van der Waals surface area contributed by atoms with Gasteiger partial charge in [0.25, 0.3) is 27.5 Å². The maximum Gasteiger partial charge on any atom is 0.293 e. The highest BCUT2D eigenvalue weighted by molar-refractivity contribution is 7.90. The van der Waals surface area contributed by atoms with E-state index in [1.807, 2.05) is 30.3 Å². The number of nitro benzene ring substituents is 1. The Morgan fingerprint density at radius 1 is 0.921 bits per heavy atom. The van der Waals surface area contributed by atoms with Gasteiger partial charge in [-0.1, -0.05) is 61.1 Å². The Morgan fingerprint density at radius 2 is 1.72 bits per heavy atom. The number of piperidine rings is 2. The number of carbonyl (C=O) groups is 4. The van der Waals surface area contributed by atoms with E-state index in [1.165, 1.54) is 35.0 Å². The summed E-state index contributed by atoms with van der Waals surface area (Å²) in [6, 6.07) is 25.3. The topological polar surface area (TPSA) is 236 Å². The third-order valence-electron chi connectivity index (χ3n) is 18.0. The summed E-state index contributed by atoms with van der Waals surface area (Å²) in [7, 11) is -2.50. The number of likely N-dealkylation sites (tertiary alicyclic amines) is 1. The first kappa shape index (κ1) is 62.5. The molecule has 6 heterocycles. The number of H-pyrrole nitrogens is 1. The number of amides is 4.